The van der Waals surface area contributed by atoms with Gasteiger partial charge >= 0.3 is 0 Å². The normalized spacial score (nSPS) is 27.5. The Labute approximate surface area is 69.1 Å². The predicted molar refractivity (Wildman–Crippen MR) is 48.8 cm³/mol. The van der Waals surface area contributed by atoms with Gasteiger partial charge in [0.1, 0.15) is 12.1 Å². The van der Waals surface area contributed by atoms with Crippen molar-refractivity contribution >= 4 is 35.5 Å². The second-order valence-corrected chi connectivity index (χ2v) is 2.49. The van der Waals surface area contributed by atoms with Crippen LogP contribution in [0.1, 0.15) is 0 Å². The molecule has 0 aromatic carbocycles. The van der Waals surface area contributed by atoms with Gasteiger partial charge in [0.25, 0.3) is 0 Å². The van der Waals surface area contributed by atoms with Crippen LogP contribution in [0, 0.1) is 0 Å². The van der Waals surface area contributed by atoms with Gasteiger partial charge in [0.15, 0.2) is 5.84 Å². The Hall–Kier alpha value is -0.940. The van der Waals surface area contributed by atoms with E-state index < -0.39 is 0 Å². The molecule has 0 aliphatic carbocycles. The highest BCUT2D eigenvalue weighted by atomic mass is 32.1. The van der Waals surface area contributed by atoms with Crippen molar-refractivity contribution < 1.29 is 0 Å². The Balaban J connectivity index is 2.35. The summed E-state index contributed by atoms with van der Waals surface area (Å²) in [6, 6.07) is 0.0417. The average molecular weight is 166 g/mol. The smallest absolute Gasteiger partial charge is 0.174 e. The van der Waals surface area contributed by atoms with Crippen LogP contribution in [0.15, 0.2) is 15.0 Å². The van der Waals surface area contributed by atoms with Crippen LogP contribution >= 0.6 is 12.2 Å². The van der Waals surface area contributed by atoms with Crippen molar-refractivity contribution in [3.8, 4) is 0 Å². The lowest BCUT2D eigenvalue weighted by molar-refractivity contribution is 0.737. The SMILES string of the molecule is S=CC1NCN=C2N=CN=C21. The van der Waals surface area contributed by atoms with Gasteiger partial charge in [-0.25, -0.2) is 15.0 Å². The predicted octanol–water partition coefficient (Wildman–Crippen LogP) is -0.203. The quantitative estimate of drug-likeness (QED) is 0.548. The molecule has 2 aliphatic heterocycles. The standard InChI is InChI=1S/C6H6N4S/c11-1-4-5-6(9-2-7-4)10-3-8-5/h1,3-4,7H,2H2. The molecule has 1 N–H and O–H groups in total. The zero-order valence-corrected chi connectivity index (χ0v) is 6.51. The molecule has 0 amide bonds. The number of nitrogens with one attached hydrogen (secondary N) is 1. The Kier molecular flexibility index (Phi) is 1.59. The van der Waals surface area contributed by atoms with Crippen LogP contribution in [-0.4, -0.2) is 36.0 Å². The van der Waals surface area contributed by atoms with Gasteiger partial charge in [0.05, 0.1) is 12.7 Å². The van der Waals surface area contributed by atoms with E-state index in [9.17, 15) is 0 Å². The van der Waals surface area contributed by atoms with Gasteiger partial charge in [-0.05, 0) is 0 Å². The van der Waals surface area contributed by atoms with Crippen LogP contribution in [0.4, 0.5) is 0 Å². The molecule has 2 heterocycles. The summed E-state index contributed by atoms with van der Waals surface area (Å²) in [5.41, 5.74) is 0.839. The minimum Gasteiger partial charge on any atom is -0.286 e. The van der Waals surface area contributed by atoms with E-state index in [4.69, 9.17) is 12.2 Å². The van der Waals surface area contributed by atoms with E-state index in [1.54, 1.807) is 5.37 Å². The van der Waals surface area contributed by atoms with E-state index in [0.29, 0.717) is 6.67 Å². The molecule has 0 radical (unpaired) electrons. The Morgan fingerprint density at radius 2 is 2.64 bits per heavy atom. The molecule has 2 rings (SSSR count). The van der Waals surface area contributed by atoms with Crippen molar-refractivity contribution in [2.45, 2.75) is 6.04 Å². The fraction of sp³-hybridized carbons (Fsp3) is 0.333. The first-order chi connectivity index (χ1) is 5.42. The molecule has 1 unspecified atom stereocenters. The lowest BCUT2D eigenvalue weighted by Crippen LogP contribution is -2.44. The molecule has 2 aliphatic rings. The van der Waals surface area contributed by atoms with E-state index >= 15 is 0 Å². The van der Waals surface area contributed by atoms with Crippen LogP contribution in [0.2, 0.25) is 0 Å². The second-order valence-electron chi connectivity index (χ2n) is 2.22. The topological polar surface area (TPSA) is 49.1 Å². The van der Waals surface area contributed by atoms with Crippen LogP contribution in [0.5, 0.6) is 0 Å². The first-order valence-corrected chi connectivity index (χ1v) is 3.72. The zero-order chi connectivity index (χ0) is 7.68. The van der Waals surface area contributed by atoms with E-state index in [2.05, 4.69) is 20.3 Å². The Morgan fingerprint density at radius 3 is 3.45 bits per heavy atom. The number of aliphatic imine (C=N–C) groups is 3. The number of rotatable bonds is 1. The number of nitrogens with zero attached hydrogens (tertiary/aromatic N) is 3. The van der Waals surface area contributed by atoms with Gasteiger partial charge in [0.2, 0.25) is 0 Å². The Bertz CT molecular complexity index is 278. The Morgan fingerprint density at radius 1 is 1.73 bits per heavy atom. The maximum atomic E-state index is 4.82. The van der Waals surface area contributed by atoms with Crippen LogP contribution in [0.3, 0.4) is 0 Å². The van der Waals surface area contributed by atoms with Crippen LogP contribution in [-0.2, 0) is 0 Å². The zero-order valence-electron chi connectivity index (χ0n) is 5.69. The minimum atomic E-state index is 0.0417. The van der Waals surface area contributed by atoms with E-state index in [1.165, 1.54) is 6.34 Å². The summed E-state index contributed by atoms with van der Waals surface area (Å²) in [4.78, 5) is 12.1. The maximum absolute atomic E-state index is 4.82. The molecule has 4 nitrogen and oxygen atoms in total. The second kappa shape index (κ2) is 2.60. The third-order valence-corrected chi connectivity index (χ3v) is 1.85. The monoisotopic (exact) mass is 166 g/mol. The first kappa shape index (κ1) is 6.75. The molecule has 11 heavy (non-hydrogen) atoms. The van der Waals surface area contributed by atoms with Gasteiger partial charge in [0, 0.05) is 5.37 Å². The molecule has 5 heteroatoms. The van der Waals surface area contributed by atoms with E-state index in [-0.39, 0.29) is 6.04 Å². The molecule has 56 valence electrons. The fourth-order valence-corrected chi connectivity index (χ4v) is 1.26. The first-order valence-electron chi connectivity index (χ1n) is 3.25. The van der Waals surface area contributed by atoms with E-state index in [0.717, 1.165) is 11.5 Å². The summed E-state index contributed by atoms with van der Waals surface area (Å²) >= 11 is 4.82. The fourth-order valence-electron chi connectivity index (χ4n) is 1.04. The number of fused-ring (bicyclic) bond motifs is 1. The molecule has 0 fully saturated rings. The largest absolute Gasteiger partial charge is 0.286 e. The summed E-state index contributed by atoms with van der Waals surface area (Å²) < 4.78 is 0. The minimum absolute atomic E-state index is 0.0417. The molecule has 0 aromatic rings. The lowest BCUT2D eigenvalue weighted by atomic mass is 10.1. The third kappa shape index (κ3) is 1.02. The summed E-state index contributed by atoms with van der Waals surface area (Å²) in [5.74, 6) is 0.717. The molecule has 0 spiro atoms. The van der Waals surface area contributed by atoms with Crippen LogP contribution < -0.4 is 5.32 Å². The van der Waals surface area contributed by atoms with Gasteiger partial charge in [-0.3, -0.25) is 5.32 Å². The van der Waals surface area contributed by atoms with E-state index in [1.807, 2.05) is 0 Å². The van der Waals surface area contributed by atoms with Crippen molar-refractivity contribution in [2.75, 3.05) is 6.67 Å². The number of amidine groups is 1. The lowest BCUT2D eigenvalue weighted by Gasteiger charge is -2.16. The molecule has 1 atom stereocenters. The number of hydrogen-bond acceptors (Lipinski definition) is 5. The molecule has 0 saturated carbocycles. The average Bonchev–Trinajstić information content (AvgIpc) is 2.50. The van der Waals surface area contributed by atoms with Crippen molar-refractivity contribution in [3.63, 3.8) is 0 Å². The highest BCUT2D eigenvalue weighted by molar-refractivity contribution is 7.79. The number of hydrogen-bond donors (Lipinski definition) is 1. The molecule has 0 saturated heterocycles. The molecule has 0 aromatic heterocycles. The number of thiocarbonyl (C=S) groups is 1. The highest BCUT2D eigenvalue weighted by Crippen LogP contribution is 2.03. The van der Waals surface area contributed by atoms with Crippen molar-refractivity contribution in [3.05, 3.63) is 0 Å². The summed E-state index contributed by atoms with van der Waals surface area (Å²) in [6.45, 7) is 0.573. The van der Waals surface area contributed by atoms with Crippen molar-refractivity contribution in [1.29, 1.82) is 0 Å². The summed E-state index contributed by atoms with van der Waals surface area (Å²) in [6.07, 6.45) is 1.51. The highest BCUT2D eigenvalue weighted by Gasteiger charge is 2.23. The van der Waals surface area contributed by atoms with Crippen molar-refractivity contribution in [2.24, 2.45) is 15.0 Å². The van der Waals surface area contributed by atoms with Gasteiger partial charge in [-0.15, -0.1) is 0 Å². The molecular weight excluding hydrogens is 160 g/mol. The molecular formula is C6H6N4S. The maximum Gasteiger partial charge on any atom is 0.174 e. The van der Waals surface area contributed by atoms with Gasteiger partial charge in [-0.2, -0.15) is 0 Å². The molecule has 0 bridgehead atoms. The summed E-state index contributed by atoms with van der Waals surface area (Å²) in [7, 11) is 0. The van der Waals surface area contributed by atoms with Gasteiger partial charge in [-0.1, -0.05) is 12.2 Å². The van der Waals surface area contributed by atoms with Crippen LogP contribution in [0.25, 0.3) is 0 Å². The summed E-state index contributed by atoms with van der Waals surface area (Å²) in [5, 5.41) is 4.72. The van der Waals surface area contributed by atoms with Gasteiger partial charge < -0.3 is 0 Å². The van der Waals surface area contributed by atoms with Crippen molar-refractivity contribution in [1.82, 2.24) is 5.32 Å². The third-order valence-electron chi connectivity index (χ3n) is 1.58.